The molecule has 1 saturated carbocycles. The number of hydrogen-bond acceptors (Lipinski definition) is 3. The first kappa shape index (κ1) is 14.1. The molecule has 1 aliphatic heterocycles. The molecule has 1 aromatic rings. The minimum Gasteiger partial charge on any atom is -0.381 e. The van der Waals surface area contributed by atoms with Crippen LogP contribution in [0.15, 0.2) is 12.3 Å². The Hall–Kier alpha value is -0.870. The molecule has 0 amide bonds. The van der Waals surface area contributed by atoms with E-state index in [2.05, 4.69) is 29.3 Å². The zero-order valence-electron chi connectivity index (χ0n) is 12.6. The second kappa shape index (κ2) is 6.72. The van der Waals surface area contributed by atoms with E-state index >= 15 is 0 Å². The van der Waals surface area contributed by atoms with Gasteiger partial charge >= 0.3 is 0 Å². The molecule has 0 radical (unpaired) electrons. The average molecular weight is 277 g/mol. The van der Waals surface area contributed by atoms with Crippen molar-refractivity contribution in [2.24, 2.45) is 5.92 Å². The summed E-state index contributed by atoms with van der Waals surface area (Å²) >= 11 is 0. The maximum atomic E-state index is 5.63. The van der Waals surface area contributed by atoms with Crippen LogP contribution in [-0.2, 0) is 11.2 Å². The minimum atomic E-state index is 0.559. The van der Waals surface area contributed by atoms with Crippen molar-refractivity contribution in [3.05, 3.63) is 18.0 Å². The van der Waals surface area contributed by atoms with Gasteiger partial charge in [-0.1, -0.05) is 19.3 Å². The van der Waals surface area contributed by atoms with Crippen LogP contribution in [-0.4, -0.2) is 36.1 Å². The van der Waals surface area contributed by atoms with Crippen molar-refractivity contribution in [1.29, 1.82) is 0 Å². The molecule has 2 fully saturated rings. The van der Waals surface area contributed by atoms with Crippen LogP contribution in [0, 0.1) is 5.92 Å². The fourth-order valence-electron chi connectivity index (χ4n) is 3.68. The summed E-state index contributed by atoms with van der Waals surface area (Å²) < 4.78 is 7.85. The Morgan fingerprint density at radius 3 is 2.95 bits per heavy atom. The summed E-state index contributed by atoms with van der Waals surface area (Å²) in [5.41, 5.74) is 1.23. The minimum absolute atomic E-state index is 0.559. The van der Waals surface area contributed by atoms with Gasteiger partial charge in [0.25, 0.3) is 0 Å². The van der Waals surface area contributed by atoms with Crippen LogP contribution in [0.3, 0.4) is 0 Å². The fraction of sp³-hybridized carbons (Fsp3) is 0.812. The maximum absolute atomic E-state index is 5.63. The van der Waals surface area contributed by atoms with Crippen LogP contribution in [0.4, 0.5) is 0 Å². The first-order valence-electron chi connectivity index (χ1n) is 8.16. The zero-order valence-corrected chi connectivity index (χ0v) is 12.6. The summed E-state index contributed by atoms with van der Waals surface area (Å²) in [6.07, 6.45) is 11.0. The summed E-state index contributed by atoms with van der Waals surface area (Å²) in [4.78, 5) is 0. The lowest BCUT2D eigenvalue weighted by Crippen LogP contribution is -2.42. The molecule has 2 heterocycles. The molecule has 4 heteroatoms. The normalized spacial score (nSPS) is 28.6. The predicted molar refractivity (Wildman–Crippen MR) is 79.8 cm³/mol. The second-order valence-electron chi connectivity index (χ2n) is 6.30. The van der Waals surface area contributed by atoms with E-state index in [-0.39, 0.29) is 0 Å². The van der Waals surface area contributed by atoms with Crippen LogP contribution in [0.2, 0.25) is 0 Å². The predicted octanol–water partition coefficient (Wildman–Crippen LogP) is 2.56. The van der Waals surface area contributed by atoms with Gasteiger partial charge in [-0.05, 0) is 38.8 Å². The van der Waals surface area contributed by atoms with E-state index in [4.69, 9.17) is 9.84 Å². The van der Waals surface area contributed by atoms with Crippen molar-refractivity contribution in [2.45, 2.75) is 57.0 Å². The van der Waals surface area contributed by atoms with Gasteiger partial charge in [-0.15, -0.1) is 0 Å². The molecule has 0 bridgehead atoms. The van der Waals surface area contributed by atoms with E-state index in [9.17, 15) is 0 Å². The van der Waals surface area contributed by atoms with Gasteiger partial charge in [-0.25, -0.2) is 0 Å². The van der Waals surface area contributed by atoms with E-state index in [1.807, 2.05) is 0 Å². The number of rotatable bonds is 4. The lowest BCUT2D eigenvalue weighted by atomic mass is 9.91. The Morgan fingerprint density at radius 1 is 1.30 bits per heavy atom. The lowest BCUT2D eigenvalue weighted by Gasteiger charge is -2.30. The van der Waals surface area contributed by atoms with E-state index in [1.165, 1.54) is 37.8 Å². The smallest absolute Gasteiger partial charge is 0.0628 e. The van der Waals surface area contributed by atoms with Gasteiger partial charge in [0.05, 0.1) is 18.3 Å². The van der Waals surface area contributed by atoms with E-state index in [0.717, 1.165) is 26.1 Å². The summed E-state index contributed by atoms with van der Waals surface area (Å²) in [6, 6.07) is 3.42. The highest BCUT2D eigenvalue weighted by atomic mass is 16.5. The van der Waals surface area contributed by atoms with Gasteiger partial charge in [0.1, 0.15) is 0 Å². The molecule has 20 heavy (non-hydrogen) atoms. The SMILES string of the molecule is CNC1CCOCC1Cc1ccn(C2CCCCC2)n1. The Bertz CT molecular complexity index is 412. The third-order valence-electron chi connectivity index (χ3n) is 4.93. The molecule has 0 aromatic carbocycles. The monoisotopic (exact) mass is 277 g/mol. The lowest BCUT2D eigenvalue weighted by molar-refractivity contribution is 0.0338. The first-order valence-corrected chi connectivity index (χ1v) is 8.16. The molecule has 2 unspecified atom stereocenters. The Balaban J connectivity index is 1.61. The van der Waals surface area contributed by atoms with Crippen LogP contribution < -0.4 is 5.32 Å². The topological polar surface area (TPSA) is 39.1 Å². The van der Waals surface area contributed by atoms with Crippen LogP contribution in [0.1, 0.15) is 50.3 Å². The molecule has 2 atom stereocenters. The maximum Gasteiger partial charge on any atom is 0.0628 e. The highest BCUT2D eigenvalue weighted by Crippen LogP contribution is 2.28. The second-order valence-corrected chi connectivity index (χ2v) is 6.30. The molecule has 112 valence electrons. The van der Waals surface area contributed by atoms with Crippen molar-refractivity contribution >= 4 is 0 Å². The zero-order chi connectivity index (χ0) is 13.8. The van der Waals surface area contributed by atoms with Crippen molar-refractivity contribution < 1.29 is 4.74 Å². The van der Waals surface area contributed by atoms with Crippen molar-refractivity contribution in [3.8, 4) is 0 Å². The first-order chi connectivity index (χ1) is 9.86. The van der Waals surface area contributed by atoms with Crippen LogP contribution >= 0.6 is 0 Å². The van der Waals surface area contributed by atoms with Gasteiger partial charge in [-0.3, -0.25) is 4.68 Å². The molecule has 2 aliphatic rings. The Kier molecular flexibility index (Phi) is 4.73. The Morgan fingerprint density at radius 2 is 2.15 bits per heavy atom. The van der Waals surface area contributed by atoms with E-state index < -0.39 is 0 Å². The molecule has 1 saturated heterocycles. The Labute approximate surface area is 121 Å². The molecule has 0 spiro atoms. The molecular formula is C16H27N3O. The van der Waals surface area contributed by atoms with Crippen LogP contribution in [0.25, 0.3) is 0 Å². The van der Waals surface area contributed by atoms with Gasteiger partial charge in [0.15, 0.2) is 0 Å². The standard InChI is InChI=1S/C16H27N3O/c1-17-16-8-10-20-12-13(16)11-14-7-9-19(18-14)15-5-3-2-4-6-15/h7,9,13,15-17H,2-6,8,10-12H2,1H3. The van der Waals surface area contributed by atoms with E-state index in [1.54, 1.807) is 0 Å². The third-order valence-corrected chi connectivity index (χ3v) is 4.93. The van der Waals surface area contributed by atoms with Crippen molar-refractivity contribution in [2.75, 3.05) is 20.3 Å². The summed E-state index contributed by atoms with van der Waals surface area (Å²) in [6.45, 7) is 1.75. The van der Waals surface area contributed by atoms with Crippen molar-refractivity contribution in [1.82, 2.24) is 15.1 Å². The number of ether oxygens (including phenoxy) is 1. The molecule has 1 aliphatic carbocycles. The largest absolute Gasteiger partial charge is 0.381 e. The quantitative estimate of drug-likeness (QED) is 0.919. The number of aromatic nitrogens is 2. The van der Waals surface area contributed by atoms with Crippen LogP contribution in [0.5, 0.6) is 0 Å². The van der Waals surface area contributed by atoms with E-state index in [0.29, 0.717) is 18.0 Å². The number of hydrogen-bond donors (Lipinski definition) is 1. The number of nitrogens with zero attached hydrogens (tertiary/aromatic N) is 2. The van der Waals surface area contributed by atoms with Gasteiger partial charge < -0.3 is 10.1 Å². The summed E-state index contributed by atoms with van der Waals surface area (Å²) in [7, 11) is 2.06. The average Bonchev–Trinajstić information content (AvgIpc) is 2.97. The highest BCUT2D eigenvalue weighted by molar-refractivity contribution is 5.03. The van der Waals surface area contributed by atoms with Crippen molar-refractivity contribution in [3.63, 3.8) is 0 Å². The van der Waals surface area contributed by atoms with Gasteiger partial charge in [0.2, 0.25) is 0 Å². The summed E-state index contributed by atoms with van der Waals surface area (Å²) in [5.74, 6) is 0.559. The summed E-state index contributed by atoms with van der Waals surface area (Å²) in [5, 5.41) is 8.26. The number of nitrogens with one attached hydrogen (secondary N) is 1. The molecule has 3 rings (SSSR count). The highest BCUT2D eigenvalue weighted by Gasteiger charge is 2.25. The molecule has 1 aromatic heterocycles. The molecular weight excluding hydrogens is 250 g/mol. The molecule has 4 nitrogen and oxygen atoms in total. The van der Waals surface area contributed by atoms with Gasteiger partial charge in [-0.2, -0.15) is 5.10 Å². The molecule has 1 N–H and O–H groups in total. The fourth-order valence-corrected chi connectivity index (χ4v) is 3.68. The van der Waals surface area contributed by atoms with Gasteiger partial charge in [0, 0.05) is 24.8 Å². The third kappa shape index (κ3) is 3.23.